The average Bonchev–Trinajstić information content (AvgIpc) is 2.74. The maximum atomic E-state index is 12.8. The average molecular weight is 421 g/mol. The van der Waals surface area contributed by atoms with Gasteiger partial charge in [0.2, 0.25) is 5.91 Å². The summed E-state index contributed by atoms with van der Waals surface area (Å²) in [5.74, 6) is 0.351. The van der Waals surface area contributed by atoms with E-state index in [0.29, 0.717) is 28.7 Å². The largest absolute Gasteiger partial charge is 0.479 e. The van der Waals surface area contributed by atoms with E-state index in [1.54, 1.807) is 42.2 Å². The number of carbonyl (C=O) groups excluding carboxylic acids is 2. The van der Waals surface area contributed by atoms with Crippen LogP contribution in [0.15, 0.2) is 72.8 Å². The quantitative estimate of drug-likeness (QED) is 0.642. The Bertz CT molecular complexity index is 1070. The van der Waals surface area contributed by atoms with Crippen molar-refractivity contribution in [2.24, 2.45) is 0 Å². The van der Waals surface area contributed by atoms with Gasteiger partial charge in [0.25, 0.3) is 5.91 Å². The summed E-state index contributed by atoms with van der Waals surface area (Å²) in [5.41, 5.74) is 3.13. The maximum Gasteiger partial charge on any atom is 0.268 e. The third kappa shape index (κ3) is 4.47. The number of nitrogens with one attached hydrogen (secondary N) is 1. The normalized spacial score (nSPS) is 15.3. The second-order valence-corrected chi connectivity index (χ2v) is 7.64. The van der Waals surface area contributed by atoms with Crippen LogP contribution in [0.4, 0.5) is 11.4 Å². The van der Waals surface area contributed by atoms with Crippen LogP contribution < -0.4 is 15.0 Å². The molecule has 0 saturated heterocycles. The molecule has 152 valence electrons. The highest BCUT2D eigenvalue weighted by Gasteiger charge is 2.31. The summed E-state index contributed by atoms with van der Waals surface area (Å²) in [7, 11) is 0. The van der Waals surface area contributed by atoms with Gasteiger partial charge in [-0.3, -0.25) is 9.59 Å². The number of ether oxygens (including phenoxy) is 1. The highest BCUT2D eigenvalue weighted by Crippen LogP contribution is 2.37. The Balaban J connectivity index is 1.56. The number of amides is 2. The van der Waals surface area contributed by atoms with Gasteiger partial charge in [0, 0.05) is 10.7 Å². The molecule has 0 aromatic heterocycles. The van der Waals surface area contributed by atoms with Crippen molar-refractivity contribution in [3.05, 3.63) is 88.9 Å². The van der Waals surface area contributed by atoms with Gasteiger partial charge in [-0.2, -0.15) is 0 Å². The van der Waals surface area contributed by atoms with Gasteiger partial charge in [0.15, 0.2) is 6.10 Å². The Hall–Kier alpha value is -3.31. The molecule has 1 aliphatic heterocycles. The van der Waals surface area contributed by atoms with E-state index in [-0.39, 0.29) is 18.2 Å². The van der Waals surface area contributed by atoms with Gasteiger partial charge in [0.05, 0.1) is 18.7 Å². The van der Waals surface area contributed by atoms with Gasteiger partial charge in [-0.05, 0) is 48.4 Å². The molecule has 3 aromatic rings. The summed E-state index contributed by atoms with van der Waals surface area (Å²) >= 11 is 5.97. The standard InChI is InChI=1S/C24H21ClN2O3/c1-16-24(29)27(15-18-7-9-19(25)10-8-18)21-14-20(11-12-22(21)30-16)26-23(28)13-17-5-3-2-4-6-17/h2-12,14,16H,13,15H2,1H3,(H,26,28). The summed E-state index contributed by atoms with van der Waals surface area (Å²) in [4.78, 5) is 26.9. The number of benzene rings is 3. The summed E-state index contributed by atoms with van der Waals surface area (Å²) in [6, 6.07) is 22.3. The molecule has 1 aliphatic rings. The van der Waals surface area contributed by atoms with E-state index in [1.165, 1.54) is 0 Å². The molecule has 0 radical (unpaired) electrons. The second-order valence-electron chi connectivity index (χ2n) is 7.20. The first kappa shape index (κ1) is 20.0. The predicted molar refractivity (Wildman–Crippen MR) is 118 cm³/mol. The number of hydrogen-bond donors (Lipinski definition) is 1. The molecule has 0 aliphatic carbocycles. The Morgan fingerprint density at radius 3 is 2.50 bits per heavy atom. The smallest absolute Gasteiger partial charge is 0.268 e. The van der Waals surface area contributed by atoms with E-state index >= 15 is 0 Å². The minimum absolute atomic E-state index is 0.123. The topological polar surface area (TPSA) is 58.6 Å². The fourth-order valence-corrected chi connectivity index (χ4v) is 3.53. The number of halogens is 1. The highest BCUT2D eigenvalue weighted by atomic mass is 35.5. The van der Waals surface area contributed by atoms with E-state index in [9.17, 15) is 9.59 Å². The third-order valence-electron chi connectivity index (χ3n) is 4.91. The van der Waals surface area contributed by atoms with Crippen LogP contribution in [0.5, 0.6) is 5.75 Å². The summed E-state index contributed by atoms with van der Waals surface area (Å²) in [6.07, 6.45) is -0.304. The third-order valence-corrected chi connectivity index (χ3v) is 5.16. The van der Waals surface area contributed by atoms with Crippen LogP contribution >= 0.6 is 11.6 Å². The molecule has 2 amide bonds. The molecule has 0 fully saturated rings. The molecule has 30 heavy (non-hydrogen) atoms. The molecule has 3 aromatic carbocycles. The first-order chi connectivity index (χ1) is 14.5. The molecule has 6 heteroatoms. The first-order valence-electron chi connectivity index (χ1n) is 9.70. The van der Waals surface area contributed by atoms with Crippen molar-refractivity contribution in [1.29, 1.82) is 0 Å². The zero-order valence-corrected chi connectivity index (χ0v) is 17.2. The van der Waals surface area contributed by atoms with Crippen molar-refractivity contribution < 1.29 is 14.3 Å². The van der Waals surface area contributed by atoms with Crippen molar-refractivity contribution in [2.75, 3.05) is 10.2 Å². The van der Waals surface area contributed by atoms with Crippen LogP contribution in [0.1, 0.15) is 18.1 Å². The van der Waals surface area contributed by atoms with Gasteiger partial charge in [-0.25, -0.2) is 0 Å². The number of anilines is 2. The van der Waals surface area contributed by atoms with E-state index in [0.717, 1.165) is 11.1 Å². The highest BCUT2D eigenvalue weighted by molar-refractivity contribution is 6.30. The van der Waals surface area contributed by atoms with Gasteiger partial charge in [0.1, 0.15) is 5.75 Å². The molecule has 0 spiro atoms. The monoisotopic (exact) mass is 420 g/mol. The van der Waals surface area contributed by atoms with Crippen molar-refractivity contribution in [2.45, 2.75) is 26.0 Å². The van der Waals surface area contributed by atoms with Crippen LogP contribution in [0.25, 0.3) is 0 Å². The first-order valence-corrected chi connectivity index (χ1v) is 10.1. The van der Waals surface area contributed by atoms with Gasteiger partial charge in [-0.15, -0.1) is 0 Å². The summed E-state index contributed by atoms with van der Waals surface area (Å²) in [5, 5.41) is 3.55. The van der Waals surface area contributed by atoms with Gasteiger partial charge in [-0.1, -0.05) is 54.1 Å². The molecular weight excluding hydrogens is 400 g/mol. The van der Waals surface area contributed by atoms with E-state index in [4.69, 9.17) is 16.3 Å². The van der Waals surface area contributed by atoms with Crippen molar-refractivity contribution >= 4 is 34.8 Å². The van der Waals surface area contributed by atoms with E-state index < -0.39 is 6.10 Å². The lowest BCUT2D eigenvalue weighted by molar-refractivity contribution is -0.125. The van der Waals surface area contributed by atoms with Crippen molar-refractivity contribution in [3.63, 3.8) is 0 Å². The molecule has 1 unspecified atom stereocenters. The summed E-state index contributed by atoms with van der Waals surface area (Å²) < 4.78 is 5.76. The minimum Gasteiger partial charge on any atom is -0.479 e. The number of carbonyl (C=O) groups is 2. The zero-order chi connectivity index (χ0) is 21.1. The molecule has 4 rings (SSSR count). The lowest BCUT2D eigenvalue weighted by Gasteiger charge is -2.33. The molecular formula is C24H21ClN2O3. The Morgan fingerprint density at radius 2 is 1.77 bits per heavy atom. The Labute approximate surface area is 180 Å². The fraction of sp³-hybridized carbons (Fsp3) is 0.167. The second kappa shape index (κ2) is 8.59. The molecule has 0 saturated carbocycles. The van der Waals surface area contributed by atoms with Crippen LogP contribution in [-0.4, -0.2) is 17.9 Å². The number of hydrogen-bond acceptors (Lipinski definition) is 3. The Morgan fingerprint density at radius 1 is 1.03 bits per heavy atom. The van der Waals surface area contributed by atoms with Crippen molar-refractivity contribution in [1.82, 2.24) is 0 Å². The van der Waals surface area contributed by atoms with Crippen LogP contribution in [0.2, 0.25) is 5.02 Å². The predicted octanol–water partition coefficient (Wildman–Crippen LogP) is 4.84. The van der Waals surface area contributed by atoms with Crippen LogP contribution in [-0.2, 0) is 22.6 Å². The van der Waals surface area contributed by atoms with Gasteiger partial charge < -0.3 is 15.0 Å². The molecule has 1 heterocycles. The van der Waals surface area contributed by atoms with E-state index in [2.05, 4.69) is 5.32 Å². The minimum atomic E-state index is -0.580. The molecule has 1 atom stereocenters. The summed E-state index contributed by atoms with van der Waals surface area (Å²) in [6.45, 7) is 2.12. The molecule has 5 nitrogen and oxygen atoms in total. The lowest BCUT2D eigenvalue weighted by Crippen LogP contribution is -2.44. The van der Waals surface area contributed by atoms with Gasteiger partial charge >= 0.3 is 0 Å². The Kier molecular flexibility index (Phi) is 5.72. The SMILES string of the molecule is CC1Oc2ccc(NC(=O)Cc3ccccc3)cc2N(Cc2ccc(Cl)cc2)C1=O. The lowest BCUT2D eigenvalue weighted by atomic mass is 10.1. The zero-order valence-electron chi connectivity index (χ0n) is 16.5. The number of rotatable bonds is 5. The molecule has 0 bridgehead atoms. The maximum absolute atomic E-state index is 12.8. The van der Waals surface area contributed by atoms with E-state index in [1.807, 2.05) is 42.5 Å². The molecule has 1 N–H and O–H groups in total. The van der Waals surface area contributed by atoms with Crippen LogP contribution in [0.3, 0.4) is 0 Å². The van der Waals surface area contributed by atoms with Crippen LogP contribution in [0, 0.1) is 0 Å². The van der Waals surface area contributed by atoms with Crippen molar-refractivity contribution in [3.8, 4) is 5.75 Å². The number of nitrogens with zero attached hydrogens (tertiary/aromatic N) is 1. The number of fused-ring (bicyclic) bond motifs is 1. The fourth-order valence-electron chi connectivity index (χ4n) is 3.41.